The van der Waals surface area contributed by atoms with Gasteiger partial charge < -0.3 is 21.5 Å². The van der Waals surface area contributed by atoms with Crippen LogP contribution in [0.5, 0.6) is 5.75 Å². The van der Waals surface area contributed by atoms with E-state index in [4.69, 9.17) is 16.2 Å². The molecular formula is C16H25N3O2. The molecule has 0 unspecified atom stereocenters. The van der Waals surface area contributed by atoms with Gasteiger partial charge in [0.05, 0.1) is 23.5 Å². The van der Waals surface area contributed by atoms with Crippen molar-refractivity contribution >= 4 is 17.3 Å². The van der Waals surface area contributed by atoms with Gasteiger partial charge in [0.15, 0.2) is 0 Å². The van der Waals surface area contributed by atoms with Crippen molar-refractivity contribution in [2.24, 2.45) is 5.92 Å². The third-order valence-electron chi connectivity index (χ3n) is 4.08. The van der Waals surface area contributed by atoms with E-state index in [1.165, 1.54) is 0 Å². The molecule has 1 amide bonds. The number of anilines is 2. The Hall–Kier alpha value is -1.91. The monoisotopic (exact) mass is 291 g/mol. The Morgan fingerprint density at radius 1 is 1.24 bits per heavy atom. The van der Waals surface area contributed by atoms with Gasteiger partial charge >= 0.3 is 0 Å². The average molecular weight is 291 g/mol. The topological polar surface area (TPSA) is 90.4 Å². The van der Waals surface area contributed by atoms with Gasteiger partial charge in [-0.2, -0.15) is 0 Å². The van der Waals surface area contributed by atoms with Crippen molar-refractivity contribution in [2.45, 2.75) is 45.6 Å². The quantitative estimate of drug-likeness (QED) is 0.744. The number of nitrogens with one attached hydrogen (secondary N) is 1. The summed E-state index contributed by atoms with van der Waals surface area (Å²) in [7, 11) is 0. The maximum atomic E-state index is 12.5. The third-order valence-corrected chi connectivity index (χ3v) is 4.08. The number of ether oxygens (including phenoxy) is 1. The van der Waals surface area contributed by atoms with Crippen molar-refractivity contribution in [3.05, 3.63) is 17.7 Å². The van der Waals surface area contributed by atoms with Crippen LogP contribution in [0.2, 0.25) is 0 Å². The van der Waals surface area contributed by atoms with Gasteiger partial charge in [-0.05, 0) is 44.6 Å². The SMILES string of the molecule is CCOc1cc(N)c(N)cc1C(=O)N[C@H]1CC[C@H](C)CC1. The van der Waals surface area contributed by atoms with Crippen LogP contribution in [-0.2, 0) is 0 Å². The lowest BCUT2D eigenvalue weighted by atomic mass is 9.87. The normalized spacial score (nSPS) is 21.8. The minimum absolute atomic E-state index is 0.135. The number of nitrogens with two attached hydrogens (primary N) is 2. The Bertz CT molecular complexity index is 508. The van der Waals surface area contributed by atoms with E-state index in [0.29, 0.717) is 29.3 Å². The minimum atomic E-state index is -0.135. The summed E-state index contributed by atoms with van der Waals surface area (Å²) in [4.78, 5) is 12.5. The Balaban J connectivity index is 2.12. The lowest BCUT2D eigenvalue weighted by Crippen LogP contribution is -2.37. The smallest absolute Gasteiger partial charge is 0.255 e. The van der Waals surface area contributed by atoms with Crippen LogP contribution in [0.3, 0.4) is 0 Å². The first kappa shape index (κ1) is 15.5. The summed E-state index contributed by atoms with van der Waals surface area (Å²) in [6.45, 7) is 4.60. The van der Waals surface area contributed by atoms with Crippen LogP contribution in [0.4, 0.5) is 11.4 Å². The van der Waals surface area contributed by atoms with E-state index in [1.54, 1.807) is 12.1 Å². The van der Waals surface area contributed by atoms with Crippen LogP contribution in [0, 0.1) is 5.92 Å². The van der Waals surface area contributed by atoms with Crippen LogP contribution in [0.1, 0.15) is 49.9 Å². The van der Waals surface area contributed by atoms with Gasteiger partial charge in [-0.3, -0.25) is 4.79 Å². The highest BCUT2D eigenvalue weighted by atomic mass is 16.5. The number of rotatable bonds is 4. The van der Waals surface area contributed by atoms with E-state index < -0.39 is 0 Å². The Kier molecular flexibility index (Phi) is 4.94. The predicted octanol–water partition coefficient (Wildman–Crippen LogP) is 2.56. The van der Waals surface area contributed by atoms with Crippen molar-refractivity contribution in [1.29, 1.82) is 0 Å². The fourth-order valence-corrected chi connectivity index (χ4v) is 2.73. The highest BCUT2D eigenvalue weighted by molar-refractivity contribution is 5.99. The van der Waals surface area contributed by atoms with E-state index in [0.717, 1.165) is 31.6 Å². The zero-order valence-electron chi connectivity index (χ0n) is 12.8. The largest absolute Gasteiger partial charge is 0.493 e. The summed E-state index contributed by atoms with van der Waals surface area (Å²) in [6.07, 6.45) is 4.38. The lowest BCUT2D eigenvalue weighted by Gasteiger charge is -2.27. The van der Waals surface area contributed by atoms with E-state index in [9.17, 15) is 4.79 Å². The lowest BCUT2D eigenvalue weighted by molar-refractivity contribution is 0.0919. The zero-order valence-corrected chi connectivity index (χ0v) is 12.8. The molecule has 116 valence electrons. The molecule has 0 atom stereocenters. The highest BCUT2D eigenvalue weighted by Gasteiger charge is 2.22. The molecule has 0 saturated heterocycles. The molecular weight excluding hydrogens is 266 g/mol. The van der Waals surface area contributed by atoms with Gasteiger partial charge in [0.25, 0.3) is 5.91 Å². The summed E-state index contributed by atoms with van der Waals surface area (Å²) in [5, 5.41) is 3.09. The predicted molar refractivity (Wildman–Crippen MR) is 85.3 cm³/mol. The summed E-state index contributed by atoms with van der Waals surface area (Å²) in [6, 6.07) is 3.46. The second-order valence-electron chi connectivity index (χ2n) is 5.84. The molecule has 1 aliphatic carbocycles. The molecule has 0 spiro atoms. The molecule has 0 heterocycles. The third kappa shape index (κ3) is 3.80. The zero-order chi connectivity index (χ0) is 15.4. The van der Waals surface area contributed by atoms with Crippen molar-refractivity contribution in [3.63, 3.8) is 0 Å². The van der Waals surface area contributed by atoms with Crippen molar-refractivity contribution in [3.8, 4) is 5.75 Å². The van der Waals surface area contributed by atoms with Gasteiger partial charge in [-0.15, -0.1) is 0 Å². The van der Waals surface area contributed by atoms with E-state index >= 15 is 0 Å². The fraction of sp³-hybridized carbons (Fsp3) is 0.562. The van der Waals surface area contributed by atoms with Gasteiger partial charge in [0.2, 0.25) is 0 Å². The number of hydrogen-bond donors (Lipinski definition) is 3. The molecule has 5 N–H and O–H groups in total. The molecule has 0 aliphatic heterocycles. The average Bonchev–Trinajstić information content (AvgIpc) is 2.45. The molecule has 5 heteroatoms. The molecule has 0 bridgehead atoms. The number of carbonyl (C=O) groups is 1. The van der Waals surface area contributed by atoms with Crippen LogP contribution in [0.15, 0.2) is 12.1 Å². The standard InChI is InChI=1S/C16H25N3O2/c1-3-21-15-9-14(18)13(17)8-12(15)16(20)19-11-6-4-10(2)5-7-11/h8-11H,3-7,17-18H2,1-2H3,(H,19,20)/t10-,11-. The Morgan fingerprint density at radius 3 is 2.48 bits per heavy atom. The van der Waals surface area contributed by atoms with Gasteiger partial charge in [0.1, 0.15) is 5.75 Å². The number of hydrogen-bond acceptors (Lipinski definition) is 4. The number of benzene rings is 1. The Morgan fingerprint density at radius 2 is 1.86 bits per heavy atom. The molecule has 0 radical (unpaired) electrons. The molecule has 21 heavy (non-hydrogen) atoms. The number of amides is 1. The van der Waals surface area contributed by atoms with Crippen molar-refractivity contribution in [2.75, 3.05) is 18.1 Å². The van der Waals surface area contributed by atoms with E-state index in [1.807, 2.05) is 6.92 Å². The van der Waals surface area contributed by atoms with E-state index in [2.05, 4.69) is 12.2 Å². The van der Waals surface area contributed by atoms with Crippen molar-refractivity contribution in [1.82, 2.24) is 5.32 Å². The van der Waals surface area contributed by atoms with Gasteiger partial charge in [0, 0.05) is 12.1 Å². The fourth-order valence-electron chi connectivity index (χ4n) is 2.73. The van der Waals surface area contributed by atoms with Crippen LogP contribution in [-0.4, -0.2) is 18.6 Å². The molecule has 1 aromatic rings. The minimum Gasteiger partial charge on any atom is -0.493 e. The summed E-state index contributed by atoms with van der Waals surface area (Å²) in [5.41, 5.74) is 12.9. The molecule has 1 aliphatic rings. The Labute approximate surface area is 126 Å². The molecule has 2 rings (SSSR count). The molecule has 0 aromatic heterocycles. The van der Waals surface area contributed by atoms with Gasteiger partial charge in [-0.25, -0.2) is 0 Å². The summed E-state index contributed by atoms with van der Waals surface area (Å²) < 4.78 is 5.50. The second kappa shape index (κ2) is 6.70. The first-order valence-corrected chi connectivity index (χ1v) is 7.64. The van der Waals surface area contributed by atoms with Crippen LogP contribution < -0.4 is 21.5 Å². The highest BCUT2D eigenvalue weighted by Crippen LogP contribution is 2.28. The number of nitrogen functional groups attached to an aromatic ring is 2. The molecule has 1 fully saturated rings. The maximum absolute atomic E-state index is 12.5. The van der Waals surface area contributed by atoms with Crippen LogP contribution in [0.25, 0.3) is 0 Å². The summed E-state index contributed by atoms with van der Waals surface area (Å²) in [5.74, 6) is 1.11. The summed E-state index contributed by atoms with van der Waals surface area (Å²) >= 11 is 0. The van der Waals surface area contributed by atoms with E-state index in [-0.39, 0.29) is 11.9 Å². The van der Waals surface area contributed by atoms with Crippen LogP contribution >= 0.6 is 0 Å². The first-order valence-electron chi connectivity index (χ1n) is 7.64. The van der Waals surface area contributed by atoms with Gasteiger partial charge in [-0.1, -0.05) is 6.92 Å². The molecule has 1 aromatic carbocycles. The second-order valence-corrected chi connectivity index (χ2v) is 5.84. The molecule has 1 saturated carbocycles. The number of carbonyl (C=O) groups excluding carboxylic acids is 1. The molecule has 5 nitrogen and oxygen atoms in total. The first-order chi connectivity index (χ1) is 10.0. The van der Waals surface area contributed by atoms with Crippen molar-refractivity contribution < 1.29 is 9.53 Å². The maximum Gasteiger partial charge on any atom is 0.255 e.